The molecule has 0 bridgehead atoms. The quantitative estimate of drug-likeness (QED) is 0.883. The molecule has 5 heteroatoms. The lowest BCUT2D eigenvalue weighted by molar-refractivity contribution is -0.143. The van der Waals surface area contributed by atoms with Crippen LogP contribution in [0.25, 0.3) is 0 Å². The van der Waals surface area contributed by atoms with Gasteiger partial charge in [-0.2, -0.15) is 0 Å². The Kier molecular flexibility index (Phi) is 3.72. The summed E-state index contributed by atoms with van der Waals surface area (Å²) >= 11 is 0. The van der Waals surface area contributed by atoms with E-state index in [0.717, 1.165) is 31.2 Å². The summed E-state index contributed by atoms with van der Waals surface area (Å²) in [5, 5.41) is 2.90. The van der Waals surface area contributed by atoms with E-state index in [4.69, 9.17) is 5.73 Å². The lowest BCUT2D eigenvalue weighted by atomic mass is 9.75. The molecule has 1 unspecified atom stereocenters. The van der Waals surface area contributed by atoms with Crippen molar-refractivity contribution in [3.63, 3.8) is 0 Å². The van der Waals surface area contributed by atoms with E-state index in [1.54, 1.807) is 24.3 Å². The molecule has 1 saturated heterocycles. The fourth-order valence-corrected chi connectivity index (χ4v) is 3.59. The minimum absolute atomic E-state index is 0.0309. The van der Waals surface area contributed by atoms with Gasteiger partial charge in [0.25, 0.3) is 0 Å². The molecule has 3 N–H and O–H groups in total. The number of amides is 2. The number of carbonyl (C=O) groups excluding carboxylic acids is 3. The maximum absolute atomic E-state index is 12.4. The summed E-state index contributed by atoms with van der Waals surface area (Å²) in [6.45, 7) is 0. The zero-order valence-corrected chi connectivity index (χ0v) is 12.4. The SMILES string of the molecule is NC(=O)c1ccc(CC2NC(=O)C3(CCCC3)CC2=O)cc1. The molecule has 1 spiro atoms. The molecule has 1 aromatic carbocycles. The first-order valence-electron chi connectivity index (χ1n) is 7.73. The average Bonchev–Trinajstić information content (AvgIpc) is 2.95. The van der Waals surface area contributed by atoms with Crippen LogP contribution in [0.5, 0.6) is 0 Å². The van der Waals surface area contributed by atoms with Crippen LogP contribution < -0.4 is 11.1 Å². The van der Waals surface area contributed by atoms with Crippen molar-refractivity contribution in [1.82, 2.24) is 5.32 Å². The summed E-state index contributed by atoms with van der Waals surface area (Å²) in [5.41, 5.74) is 6.11. The van der Waals surface area contributed by atoms with Crippen molar-refractivity contribution in [3.05, 3.63) is 35.4 Å². The average molecular weight is 300 g/mol. The maximum atomic E-state index is 12.4. The summed E-state index contributed by atoms with van der Waals surface area (Å²) in [5.74, 6) is -0.333. The predicted octanol–water partition coefficient (Wildman–Crippen LogP) is 1.35. The number of piperidine rings is 1. The van der Waals surface area contributed by atoms with Gasteiger partial charge in [0.05, 0.1) is 11.5 Å². The first-order chi connectivity index (χ1) is 10.5. The molecule has 0 aromatic heterocycles. The normalized spacial score (nSPS) is 23.5. The van der Waals surface area contributed by atoms with Crippen molar-refractivity contribution in [2.24, 2.45) is 11.1 Å². The van der Waals surface area contributed by atoms with Crippen LogP contribution in [0.1, 0.15) is 48.0 Å². The molecule has 0 radical (unpaired) electrons. The van der Waals surface area contributed by atoms with Crippen LogP contribution in [0.3, 0.4) is 0 Å². The van der Waals surface area contributed by atoms with Gasteiger partial charge in [0.15, 0.2) is 5.78 Å². The topological polar surface area (TPSA) is 89.3 Å². The van der Waals surface area contributed by atoms with Crippen LogP contribution in [-0.4, -0.2) is 23.6 Å². The zero-order valence-electron chi connectivity index (χ0n) is 12.4. The van der Waals surface area contributed by atoms with Gasteiger partial charge in [0.1, 0.15) is 0 Å². The molecule has 22 heavy (non-hydrogen) atoms. The molecule has 3 rings (SSSR count). The molecule has 2 amide bonds. The van der Waals surface area contributed by atoms with Crippen molar-refractivity contribution in [2.45, 2.75) is 44.6 Å². The number of Topliss-reactive ketones (excluding diaryl/α,β-unsaturated/α-hetero) is 1. The molecule has 2 fully saturated rings. The van der Waals surface area contributed by atoms with Gasteiger partial charge in [-0.1, -0.05) is 25.0 Å². The molecule has 116 valence electrons. The zero-order chi connectivity index (χ0) is 15.7. The van der Waals surface area contributed by atoms with E-state index in [1.807, 2.05) is 0 Å². The number of hydrogen-bond donors (Lipinski definition) is 2. The molecule has 1 aliphatic carbocycles. The highest BCUT2D eigenvalue weighted by atomic mass is 16.2. The Bertz CT molecular complexity index is 615. The standard InChI is InChI=1S/C17H20N2O3/c18-15(21)12-5-3-11(4-6-12)9-13-14(20)10-17(16(22)19-13)7-1-2-8-17/h3-6,13H,1-2,7-10H2,(H2,18,21)(H,19,22). The Hall–Kier alpha value is -2.17. The lowest BCUT2D eigenvalue weighted by Crippen LogP contribution is -2.55. The molecule has 5 nitrogen and oxygen atoms in total. The van der Waals surface area contributed by atoms with Crippen LogP contribution in [0.15, 0.2) is 24.3 Å². The van der Waals surface area contributed by atoms with E-state index >= 15 is 0 Å². The molecule has 2 aliphatic rings. The van der Waals surface area contributed by atoms with Gasteiger partial charge < -0.3 is 11.1 Å². The number of primary amides is 1. The number of carbonyl (C=O) groups is 3. The van der Waals surface area contributed by atoms with Crippen molar-refractivity contribution < 1.29 is 14.4 Å². The largest absolute Gasteiger partial charge is 0.366 e. The van der Waals surface area contributed by atoms with E-state index in [-0.39, 0.29) is 11.7 Å². The lowest BCUT2D eigenvalue weighted by Gasteiger charge is -2.35. The highest BCUT2D eigenvalue weighted by molar-refractivity contribution is 5.99. The minimum atomic E-state index is -0.475. The number of benzene rings is 1. The van der Waals surface area contributed by atoms with Crippen molar-refractivity contribution in [2.75, 3.05) is 0 Å². The van der Waals surface area contributed by atoms with Crippen molar-refractivity contribution in [3.8, 4) is 0 Å². The highest BCUT2D eigenvalue weighted by Crippen LogP contribution is 2.43. The van der Waals surface area contributed by atoms with Crippen molar-refractivity contribution >= 4 is 17.6 Å². The Labute approximate surface area is 129 Å². The number of nitrogens with one attached hydrogen (secondary N) is 1. The van der Waals surface area contributed by atoms with E-state index in [9.17, 15) is 14.4 Å². The van der Waals surface area contributed by atoms with Crippen LogP contribution in [0.2, 0.25) is 0 Å². The Morgan fingerprint density at radius 2 is 1.82 bits per heavy atom. The maximum Gasteiger partial charge on any atom is 0.248 e. The molecule has 1 heterocycles. The molecule has 1 saturated carbocycles. The minimum Gasteiger partial charge on any atom is -0.366 e. The number of nitrogens with two attached hydrogens (primary N) is 1. The predicted molar refractivity (Wildman–Crippen MR) is 81.1 cm³/mol. The molecule has 1 aliphatic heterocycles. The van der Waals surface area contributed by atoms with Crippen LogP contribution in [0.4, 0.5) is 0 Å². The third-order valence-corrected chi connectivity index (χ3v) is 4.93. The first-order valence-corrected chi connectivity index (χ1v) is 7.73. The van der Waals surface area contributed by atoms with Crippen molar-refractivity contribution in [1.29, 1.82) is 0 Å². The molecule has 1 atom stereocenters. The van der Waals surface area contributed by atoms with Crippen LogP contribution in [-0.2, 0) is 16.0 Å². The Morgan fingerprint density at radius 3 is 2.41 bits per heavy atom. The van der Waals surface area contributed by atoms with Gasteiger partial charge >= 0.3 is 0 Å². The third kappa shape index (κ3) is 2.63. The monoisotopic (exact) mass is 300 g/mol. The molecule has 1 aromatic rings. The number of ketones is 1. The van der Waals surface area contributed by atoms with Gasteiger partial charge in [0.2, 0.25) is 11.8 Å². The number of hydrogen-bond acceptors (Lipinski definition) is 3. The summed E-state index contributed by atoms with van der Waals surface area (Å²) in [4.78, 5) is 35.8. The fourth-order valence-electron chi connectivity index (χ4n) is 3.59. The first kappa shape index (κ1) is 14.8. The molecular formula is C17H20N2O3. The summed E-state index contributed by atoms with van der Waals surface area (Å²) < 4.78 is 0. The van der Waals surface area contributed by atoms with E-state index in [2.05, 4.69) is 5.32 Å². The Morgan fingerprint density at radius 1 is 1.18 bits per heavy atom. The molecular weight excluding hydrogens is 280 g/mol. The smallest absolute Gasteiger partial charge is 0.248 e. The van der Waals surface area contributed by atoms with E-state index < -0.39 is 17.4 Å². The highest BCUT2D eigenvalue weighted by Gasteiger charge is 2.48. The second-order valence-corrected chi connectivity index (χ2v) is 6.42. The van der Waals surface area contributed by atoms with E-state index in [1.165, 1.54) is 0 Å². The van der Waals surface area contributed by atoms with Crippen LogP contribution in [0, 0.1) is 5.41 Å². The van der Waals surface area contributed by atoms with Gasteiger partial charge in [-0.05, 0) is 37.0 Å². The van der Waals surface area contributed by atoms with E-state index in [0.29, 0.717) is 18.4 Å². The summed E-state index contributed by atoms with van der Waals surface area (Å²) in [6, 6.07) is 6.38. The Balaban J connectivity index is 1.69. The second kappa shape index (κ2) is 5.55. The van der Waals surface area contributed by atoms with Crippen LogP contribution >= 0.6 is 0 Å². The van der Waals surface area contributed by atoms with Gasteiger partial charge in [-0.3, -0.25) is 14.4 Å². The van der Waals surface area contributed by atoms with Gasteiger partial charge in [-0.25, -0.2) is 0 Å². The second-order valence-electron chi connectivity index (χ2n) is 6.42. The third-order valence-electron chi connectivity index (χ3n) is 4.93. The van der Waals surface area contributed by atoms with Gasteiger partial charge in [-0.15, -0.1) is 0 Å². The van der Waals surface area contributed by atoms with Gasteiger partial charge in [0, 0.05) is 12.0 Å². The summed E-state index contributed by atoms with van der Waals surface area (Å²) in [6.07, 6.45) is 4.53. The summed E-state index contributed by atoms with van der Waals surface area (Å²) in [7, 11) is 0. The fraction of sp³-hybridized carbons (Fsp3) is 0.471. The number of rotatable bonds is 3.